The van der Waals surface area contributed by atoms with E-state index < -0.39 is 11.9 Å². The predicted octanol–water partition coefficient (Wildman–Crippen LogP) is 2.91. The molecule has 0 bridgehead atoms. The Labute approximate surface area is 138 Å². The van der Waals surface area contributed by atoms with E-state index in [4.69, 9.17) is 9.84 Å². The van der Waals surface area contributed by atoms with Crippen LogP contribution in [0.1, 0.15) is 30.5 Å². The topological polar surface area (TPSA) is 88.5 Å². The van der Waals surface area contributed by atoms with Gasteiger partial charge in [-0.15, -0.1) is 11.3 Å². The number of hydrogen-bond acceptors (Lipinski definition) is 5. The van der Waals surface area contributed by atoms with Gasteiger partial charge >= 0.3 is 5.97 Å². The molecule has 1 atom stereocenters. The van der Waals surface area contributed by atoms with E-state index in [1.165, 1.54) is 11.3 Å². The minimum atomic E-state index is -0.937. The molecule has 2 N–H and O–H groups in total. The smallest absolute Gasteiger partial charge is 0.309 e. The van der Waals surface area contributed by atoms with Gasteiger partial charge in [0.05, 0.1) is 24.6 Å². The van der Waals surface area contributed by atoms with Crippen LogP contribution in [0.15, 0.2) is 29.6 Å². The summed E-state index contributed by atoms with van der Waals surface area (Å²) in [5, 5.41) is 13.8. The Morgan fingerprint density at radius 3 is 2.65 bits per heavy atom. The van der Waals surface area contributed by atoms with Crippen molar-refractivity contribution >= 4 is 28.9 Å². The molecule has 0 aliphatic carbocycles. The Balaban J connectivity index is 1.99. The van der Waals surface area contributed by atoms with Crippen LogP contribution in [0.5, 0.6) is 5.75 Å². The lowest BCUT2D eigenvalue weighted by atomic mass is 10.1. The number of anilines is 1. The second-order valence-corrected chi connectivity index (χ2v) is 5.81. The first-order valence-corrected chi connectivity index (χ1v) is 8.07. The van der Waals surface area contributed by atoms with Gasteiger partial charge in [-0.05, 0) is 38.1 Å². The maximum atomic E-state index is 12.3. The van der Waals surface area contributed by atoms with Crippen molar-refractivity contribution < 1.29 is 19.4 Å². The third kappa shape index (κ3) is 4.79. The summed E-state index contributed by atoms with van der Waals surface area (Å²) >= 11 is 1.29. The fourth-order valence-electron chi connectivity index (χ4n) is 1.92. The molecule has 6 nitrogen and oxygen atoms in total. The monoisotopic (exact) mass is 334 g/mol. The number of ether oxygens (including phenoxy) is 1. The van der Waals surface area contributed by atoms with Gasteiger partial charge < -0.3 is 15.2 Å². The molecule has 7 heteroatoms. The average molecular weight is 334 g/mol. The van der Waals surface area contributed by atoms with Gasteiger partial charge in [0.25, 0.3) is 0 Å². The standard InChI is InChI=1S/C16H18N2O4S/c1-3-22-13-6-4-11(5-7-13)17-15(21)10(2)16-18-12(9-23-16)8-14(19)20/h4-7,9-10H,3,8H2,1-2H3,(H,17,21)(H,19,20). The number of nitrogens with zero attached hydrogens (tertiary/aromatic N) is 1. The summed E-state index contributed by atoms with van der Waals surface area (Å²) in [7, 11) is 0. The molecule has 0 saturated heterocycles. The van der Waals surface area contributed by atoms with Gasteiger partial charge in [-0.3, -0.25) is 9.59 Å². The zero-order valence-corrected chi connectivity index (χ0v) is 13.7. The van der Waals surface area contributed by atoms with Crippen LogP contribution in [0.25, 0.3) is 0 Å². The number of rotatable bonds is 7. The number of aliphatic carboxylic acids is 1. The lowest BCUT2D eigenvalue weighted by Gasteiger charge is -2.10. The molecule has 0 spiro atoms. The van der Waals surface area contributed by atoms with Crippen molar-refractivity contribution in [1.82, 2.24) is 4.98 Å². The van der Waals surface area contributed by atoms with Crippen molar-refractivity contribution in [2.45, 2.75) is 26.2 Å². The van der Waals surface area contributed by atoms with E-state index in [2.05, 4.69) is 10.3 Å². The van der Waals surface area contributed by atoms with Crippen LogP contribution >= 0.6 is 11.3 Å². The van der Waals surface area contributed by atoms with Crippen molar-refractivity contribution in [2.24, 2.45) is 0 Å². The van der Waals surface area contributed by atoms with Crippen molar-refractivity contribution in [3.63, 3.8) is 0 Å². The van der Waals surface area contributed by atoms with Crippen molar-refractivity contribution in [3.05, 3.63) is 40.3 Å². The Bertz CT molecular complexity index is 682. The highest BCUT2D eigenvalue weighted by Gasteiger charge is 2.19. The van der Waals surface area contributed by atoms with Crippen LogP contribution in [0, 0.1) is 0 Å². The molecule has 122 valence electrons. The van der Waals surface area contributed by atoms with Gasteiger partial charge in [0.2, 0.25) is 5.91 Å². The van der Waals surface area contributed by atoms with E-state index in [0.717, 1.165) is 5.75 Å². The quantitative estimate of drug-likeness (QED) is 0.813. The minimum absolute atomic E-state index is 0.135. The number of carbonyl (C=O) groups is 2. The molecule has 1 amide bonds. The molecule has 0 saturated carbocycles. The Morgan fingerprint density at radius 1 is 1.35 bits per heavy atom. The number of hydrogen-bond donors (Lipinski definition) is 2. The molecule has 1 heterocycles. The second-order valence-electron chi connectivity index (χ2n) is 4.92. The Hall–Kier alpha value is -2.41. The van der Waals surface area contributed by atoms with Crippen molar-refractivity contribution in [3.8, 4) is 5.75 Å². The van der Waals surface area contributed by atoms with Crippen LogP contribution in [0.2, 0.25) is 0 Å². The lowest BCUT2D eigenvalue weighted by Crippen LogP contribution is -2.18. The number of thiazole rings is 1. The first-order chi connectivity index (χ1) is 11.0. The first-order valence-electron chi connectivity index (χ1n) is 7.19. The van der Waals surface area contributed by atoms with E-state index >= 15 is 0 Å². The molecule has 1 unspecified atom stereocenters. The van der Waals surface area contributed by atoms with Gasteiger partial charge in [0.1, 0.15) is 10.8 Å². The summed E-state index contributed by atoms with van der Waals surface area (Å²) in [6.45, 7) is 4.24. The molecular weight excluding hydrogens is 316 g/mol. The van der Waals surface area contributed by atoms with Crippen molar-refractivity contribution in [1.29, 1.82) is 0 Å². The summed E-state index contributed by atoms with van der Waals surface area (Å²) in [5.41, 5.74) is 1.14. The summed E-state index contributed by atoms with van der Waals surface area (Å²) in [6, 6.07) is 7.12. The normalized spacial score (nSPS) is 11.7. The second kappa shape index (κ2) is 7.73. The third-order valence-corrected chi connectivity index (χ3v) is 4.17. The average Bonchev–Trinajstić information content (AvgIpc) is 2.96. The minimum Gasteiger partial charge on any atom is -0.494 e. The summed E-state index contributed by atoms with van der Waals surface area (Å²) in [4.78, 5) is 27.1. The molecule has 23 heavy (non-hydrogen) atoms. The number of carboxylic acids is 1. The third-order valence-electron chi connectivity index (χ3n) is 3.10. The maximum Gasteiger partial charge on any atom is 0.309 e. The summed E-state index contributed by atoms with van der Waals surface area (Å²) < 4.78 is 5.35. The SMILES string of the molecule is CCOc1ccc(NC(=O)C(C)c2nc(CC(=O)O)cs2)cc1. The van der Waals surface area contributed by atoms with E-state index in [9.17, 15) is 9.59 Å². The number of carbonyl (C=O) groups excluding carboxylic acids is 1. The van der Waals surface area contributed by atoms with Gasteiger partial charge in [0.15, 0.2) is 0 Å². The lowest BCUT2D eigenvalue weighted by molar-refractivity contribution is -0.136. The largest absolute Gasteiger partial charge is 0.494 e. The summed E-state index contributed by atoms with van der Waals surface area (Å²) in [5.74, 6) is -0.829. The number of carboxylic acid groups (broad SMARTS) is 1. The van der Waals surface area contributed by atoms with E-state index in [0.29, 0.717) is 23.0 Å². The van der Waals surface area contributed by atoms with E-state index in [1.807, 2.05) is 6.92 Å². The molecular formula is C16H18N2O4S. The van der Waals surface area contributed by atoms with Crippen LogP contribution < -0.4 is 10.1 Å². The van der Waals surface area contributed by atoms with Gasteiger partial charge in [-0.1, -0.05) is 0 Å². The van der Waals surface area contributed by atoms with Gasteiger partial charge in [-0.2, -0.15) is 0 Å². The number of amides is 1. The van der Waals surface area contributed by atoms with Crippen LogP contribution in [-0.2, 0) is 16.0 Å². The zero-order chi connectivity index (χ0) is 16.8. The number of nitrogens with one attached hydrogen (secondary N) is 1. The molecule has 0 fully saturated rings. The molecule has 0 aliphatic heterocycles. The molecule has 2 rings (SSSR count). The van der Waals surface area contributed by atoms with Gasteiger partial charge in [0, 0.05) is 11.1 Å². The fourth-order valence-corrected chi connectivity index (χ4v) is 2.80. The molecule has 2 aromatic rings. The Kier molecular flexibility index (Phi) is 5.70. The van der Waals surface area contributed by atoms with Gasteiger partial charge in [-0.25, -0.2) is 4.98 Å². The molecule has 0 aliphatic rings. The van der Waals surface area contributed by atoms with E-state index in [1.54, 1.807) is 36.6 Å². The molecule has 1 aromatic carbocycles. The first kappa shape index (κ1) is 17.0. The molecule has 0 radical (unpaired) electrons. The highest BCUT2D eigenvalue weighted by Crippen LogP contribution is 2.23. The zero-order valence-electron chi connectivity index (χ0n) is 12.9. The number of aromatic nitrogens is 1. The highest BCUT2D eigenvalue weighted by atomic mass is 32.1. The highest BCUT2D eigenvalue weighted by molar-refractivity contribution is 7.09. The van der Waals surface area contributed by atoms with Crippen LogP contribution in [-0.4, -0.2) is 28.6 Å². The van der Waals surface area contributed by atoms with Crippen LogP contribution in [0.4, 0.5) is 5.69 Å². The molecule has 1 aromatic heterocycles. The van der Waals surface area contributed by atoms with Crippen molar-refractivity contribution in [2.75, 3.05) is 11.9 Å². The Morgan fingerprint density at radius 2 is 2.04 bits per heavy atom. The van der Waals surface area contributed by atoms with Crippen LogP contribution in [0.3, 0.4) is 0 Å². The van der Waals surface area contributed by atoms with E-state index in [-0.39, 0.29) is 12.3 Å². The number of benzene rings is 1. The fraction of sp³-hybridized carbons (Fsp3) is 0.312. The summed E-state index contributed by atoms with van der Waals surface area (Å²) in [6.07, 6.45) is -0.135. The predicted molar refractivity (Wildman–Crippen MR) is 88.1 cm³/mol. The maximum absolute atomic E-state index is 12.3.